The molecule has 82 valence electrons. The van der Waals surface area contributed by atoms with Gasteiger partial charge in [0.2, 0.25) is 4.93 Å². The molecule has 0 aromatic heterocycles. The van der Waals surface area contributed by atoms with Gasteiger partial charge >= 0.3 is 43.7 Å². The zero-order chi connectivity index (χ0) is 11.0. The van der Waals surface area contributed by atoms with Crippen LogP contribution in [0.4, 0.5) is 0 Å². The number of aliphatic carboxylic acids is 1. The fourth-order valence-corrected chi connectivity index (χ4v) is 1.87. The van der Waals surface area contributed by atoms with Gasteiger partial charge < -0.3 is 13.1 Å². The van der Waals surface area contributed by atoms with E-state index >= 15 is 0 Å². The SMILES string of the molecule is O=C(O)C1C=CC=CC1(O)S(=O)(=O)O.[Ca+2].[H-].[H-]. The smallest absolute Gasteiger partial charge is 1.00 e. The minimum absolute atomic E-state index is 0. The zero-order valence-electron chi connectivity index (χ0n) is 9.57. The Morgan fingerprint density at radius 3 is 2.27 bits per heavy atom. The molecule has 0 bridgehead atoms. The fraction of sp³-hybridized carbons (Fsp3) is 0.286. The summed E-state index contributed by atoms with van der Waals surface area (Å²) in [6, 6.07) is 0. The molecule has 0 amide bonds. The molecule has 2 atom stereocenters. The summed E-state index contributed by atoms with van der Waals surface area (Å²) in [5, 5.41) is 18.1. The average Bonchev–Trinajstić information content (AvgIpc) is 2.02. The van der Waals surface area contributed by atoms with Crippen molar-refractivity contribution >= 4 is 53.8 Å². The van der Waals surface area contributed by atoms with Crippen molar-refractivity contribution in [2.24, 2.45) is 5.92 Å². The van der Waals surface area contributed by atoms with Crippen LogP contribution in [-0.2, 0) is 14.9 Å². The number of hydrogen-bond acceptors (Lipinski definition) is 4. The van der Waals surface area contributed by atoms with Crippen LogP contribution in [0, 0.1) is 5.92 Å². The summed E-state index contributed by atoms with van der Waals surface area (Å²) in [5.74, 6) is -3.24. The number of carbonyl (C=O) groups is 1. The van der Waals surface area contributed by atoms with E-state index in [9.17, 15) is 18.3 Å². The quantitative estimate of drug-likeness (QED) is 0.445. The summed E-state index contributed by atoms with van der Waals surface area (Å²) < 4.78 is 30.3. The van der Waals surface area contributed by atoms with Gasteiger partial charge in [0.25, 0.3) is 10.1 Å². The van der Waals surface area contributed by atoms with Crippen molar-refractivity contribution in [3.05, 3.63) is 24.3 Å². The van der Waals surface area contributed by atoms with Crippen LogP contribution in [-0.4, -0.2) is 71.8 Å². The van der Waals surface area contributed by atoms with Crippen molar-refractivity contribution in [2.75, 3.05) is 0 Å². The Bertz CT molecular complexity index is 420. The first kappa shape index (κ1) is 15.1. The Kier molecular flexibility index (Phi) is 4.97. The normalized spacial score (nSPS) is 29.6. The predicted octanol–water partition coefficient (Wildman–Crippen LogP) is -0.766. The Labute approximate surface area is 119 Å². The summed E-state index contributed by atoms with van der Waals surface area (Å²) in [4.78, 5) is 7.81. The Morgan fingerprint density at radius 1 is 1.40 bits per heavy atom. The van der Waals surface area contributed by atoms with Gasteiger partial charge in [-0.1, -0.05) is 18.2 Å². The third-order valence-electron chi connectivity index (χ3n) is 1.87. The summed E-state index contributed by atoms with van der Waals surface area (Å²) >= 11 is 0. The van der Waals surface area contributed by atoms with E-state index in [1.165, 1.54) is 6.08 Å². The molecule has 3 N–H and O–H groups in total. The van der Waals surface area contributed by atoms with Crippen molar-refractivity contribution in [3.8, 4) is 0 Å². The van der Waals surface area contributed by atoms with Gasteiger partial charge in [0.15, 0.2) is 0 Å². The van der Waals surface area contributed by atoms with Crippen LogP contribution in [0.3, 0.4) is 0 Å². The summed E-state index contributed by atoms with van der Waals surface area (Å²) in [5.41, 5.74) is 0. The van der Waals surface area contributed by atoms with Crippen LogP contribution in [0.2, 0.25) is 0 Å². The van der Waals surface area contributed by atoms with E-state index in [0.717, 1.165) is 18.2 Å². The molecule has 15 heavy (non-hydrogen) atoms. The van der Waals surface area contributed by atoms with Crippen LogP contribution in [0.25, 0.3) is 0 Å². The number of aliphatic hydroxyl groups is 1. The Morgan fingerprint density at radius 2 is 1.93 bits per heavy atom. The van der Waals surface area contributed by atoms with Crippen LogP contribution in [0.1, 0.15) is 2.85 Å². The van der Waals surface area contributed by atoms with Gasteiger partial charge in [0, 0.05) is 0 Å². The molecule has 2 unspecified atom stereocenters. The van der Waals surface area contributed by atoms with Crippen molar-refractivity contribution in [1.29, 1.82) is 0 Å². The minimum atomic E-state index is -4.88. The zero-order valence-corrected chi connectivity index (χ0v) is 10.6. The molecular formula is C7H10CaO6S. The van der Waals surface area contributed by atoms with Gasteiger partial charge in [-0.2, -0.15) is 8.42 Å². The van der Waals surface area contributed by atoms with E-state index < -0.39 is 26.9 Å². The standard InChI is InChI=1S/C7H8O6S.Ca.2H/c8-6(9)5-3-1-2-4-7(5,10)14(11,12)13;;;/h1-5,10H,(H,8,9)(H,11,12,13);;;/q;+2;2*-1. The van der Waals surface area contributed by atoms with Gasteiger partial charge in [0.1, 0.15) is 5.92 Å². The molecule has 0 radical (unpaired) electrons. The van der Waals surface area contributed by atoms with Crippen LogP contribution in [0.5, 0.6) is 0 Å². The van der Waals surface area contributed by atoms with Gasteiger partial charge in [-0.3, -0.25) is 9.35 Å². The molecule has 1 aliphatic rings. The second-order valence-corrected chi connectivity index (χ2v) is 4.39. The molecule has 0 aromatic carbocycles. The molecular weight excluding hydrogens is 252 g/mol. The number of carboxylic acids is 1. The molecule has 0 spiro atoms. The fourth-order valence-electron chi connectivity index (χ4n) is 1.12. The van der Waals surface area contributed by atoms with Crippen molar-refractivity contribution in [3.63, 3.8) is 0 Å². The topological polar surface area (TPSA) is 112 Å². The third kappa shape index (κ3) is 2.80. The minimum Gasteiger partial charge on any atom is -1.00 e. The molecule has 8 heteroatoms. The number of carboxylic acid groups (broad SMARTS) is 1. The molecule has 0 aromatic rings. The molecule has 0 saturated carbocycles. The second kappa shape index (κ2) is 4.94. The van der Waals surface area contributed by atoms with Crippen molar-refractivity contribution in [1.82, 2.24) is 0 Å². The monoisotopic (exact) mass is 262 g/mol. The van der Waals surface area contributed by atoms with E-state index in [4.69, 9.17) is 9.66 Å². The summed E-state index contributed by atoms with van der Waals surface area (Å²) in [6.45, 7) is 0. The largest absolute Gasteiger partial charge is 2.00 e. The molecule has 6 nitrogen and oxygen atoms in total. The summed E-state index contributed by atoms with van der Waals surface area (Å²) in [7, 11) is -4.88. The van der Waals surface area contributed by atoms with Crippen molar-refractivity contribution < 1.29 is 30.8 Å². The van der Waals surface area contributed by atoms with Gasteiger partial charge in [-0.15, -0.1) is 0 Å². The Hall–Kier alpha value is 0.0797. The van der Waals surface area contributed by atoms with Crippen LogP contribution < -0.4 is 0 Å². The first-order valence-electron chi connectivity index (χ1n) is 3.57. The summed E-state index contributed by atoms with van der Waals surface area (Å²) in [6.07, 6.45) is 4.13. The maximum absolute atomic E-state index is 10.8. The van der Waals surface area contributed by atoms with Gasteiger partial charge in [-0.25, -0.2) is 0 Å². The van der Waals surface area contributed by atoms with E-state index in [1.807, 2.05) is 0 Å². The van der Waals surface area contributed by atoms with Gasteiger partial charge in [0.05, 0.1) is 0 Å². The Balaban J connectivity index is -0.000000653. The molecule has 1 rings (SSSR count). The van der Waals surface area contributed by atoms with Crippen molar-refractivity contribution in [2.45, 2.75) is 4.93 Å². The molecule has 0 saturated heterocycles. The molecule has 0 fully saturated rings. The first-order chi connectivity index (χ1) is 6.29. The molecule has 0 heterocycles. The molecule has 0 aliphatic heterocycles. The van der Waals surface area contributed by atoms with E-state index in [1.54, 1.807) is 0 Å². The predicted molar refractivity (Wildman–Crippen MR) is 53.9 cm³/mol. The van der Waals surface area contributed by atoms with E-state index in [2.05, 4.69) is 0 Å². The van der Waals surface area contributed by atoms with Crippen LogP contribution >= 0.6 is 0 Å². The van der Waals surface area contributed by atoms with Gasteiger partial charge in [-0.05, 0) is 6.08 Å². The number of allylic oxidation sites excluding steroid dienone is 2. The van der Waals surface area contributed by atoms with E-state index in [0.29, 0.717) is 0 Å². The second-order valence-electron chi connectivity index (χ2n) is 2.79. The molecule has 1 aliphatic carbocycles. The number of rotatable bonds is 2. The first-order valence-corrected chi connectivity index (χ1v) is 5.01. The maximum Gasteiger partial charge on any atom is 2.00 e. The van der Waals surface area contributed by atoms with Crippen LogP contribution in [0.15, 0.2) is 24.3 Å². The third-order valence-corrected chi connectivity index (χ3v) is 3.09. The average molecular weight is 262 g/mol. The maximum atomic E-state index is 10.8. The van der Waals surface area contributed by atoms with E-state index in [-0.39, 0.29) is 40.6 Å². The number of hydrogen-bond donors (Lipinski definition) is 3.